The molecule has 1 aliphatic heterocycles. The minimum atomic E-state index is -0.0112. The molecule has 1 saturated heterocycles. The van der Waals surface area contributed by atoms with Gasteiger partial charge in [0.05, 0.1) is 0 Å². The van der Waals surface area contributed by atoms with Crippen LogP contribution in [-0.2, 0) is 4.79 Å². The smallest absolute Gasteiger partial charge is 0.315 e. The molecule has 168 valence electrons. The lowest BCUT2D eigenvalue weighted by molar-refractivity contribution is -0.139. The van der Waals surface area contributed by atoms with E-state index in [1.165, 1.54) is 57.8 Å². The fourth-order valence-corrected chi connectivity index (χ4v) is 9.42. The maximum atomic E-state index is 13.2. The van der Waals surface area contributed by atoms with Gasteiger partial charge in [-0.25, -0.2) is 4.79 Å². The number of alkyl halides is 1. The van der Waals surface area contributed by atoms with Crippen LogP contribution >= 0.6 is 15.9 Å². The summed E-state index contributed by atoms with van der Waals surface area (Å²) < 4.78 is 0.319. The summed E-state index contributed by atoms with van der Waals surface area (Å²) >= 11 is 4.07. The minimum Gasteiger partial charge on any atom is -0.343 e. The van der Waals surface area contributed by atoms with Gasteiger partial charge >= 0.3 is 6.03 Å². The lowest BCUT2D eigenvalue weighted by Crippen LogP contribution is -2.55. The molecule has 30 heavy (non-hydrogen) atoms. The number of nitrogens with zero attached hydrogens (tertiary/aromatic N) is 1. The highest BCUT2D eigenvalue weighted by Gasteiger charge is 2.57. The monoisotopic (exact) mass is 479 g/mol. The van der Waals surface area contributed by atoms with Crippen molar-refractivity contribution < 1.29 is 9.59 Å². The van der Waals surface area contributed by atoms with Crippen molar-refractivity contribution in [1.29, 1.82) is 0 Å². The first-order valence-electron chi connectivity index (χ1n) is 12.4. The van der Waals surface area contributed by atoms with Crippen LogP contribution in [0.4, 0.5) is 4.79 Å². The maximum absolute atomic E-state index is 13.2. The summed E-state index contributed by atoms with van der Waals surface area (Å²) in [6.07, 6.45) is 16.2. The first-order chi connectivity index (χ1) is 14.4. The van der Waals surface area contributed by atoms with Gasteiger partial charge in [0.2, 0.25) is 5.91 Å². The number of likely N-dealkylation sites (tertiary alicyclic amines) is 1. The molecule has 0 radical (unpaired) electrons. The highest BCUT2D eigenvalue weighted by molar-refractivity contribution is 9.10. The molecular formula is C24H38BrN3O2. The predicted molar refractivity (Wildman–Crippen MR) is 122 cm³/mol. The summed E-state index contributed by atoms with van der Waals surface area (Å²) in [4.78, 5) is 27.6. The van der Waals surface area contributed by atoms with E-state index in [0.717, 1.165) is 57.0 Å². The van der Waals surface area contributed by atoms with Gasteiger partial charge in [0, 0.05) is 35.9 Å². The summed E-state index contributed by atoms with van der Waals surface area (Å²) in [6.45, 7) is 1.57. The van der Waals surface area contributed by atoms with E-state index in [-0.39, 0.29) is 17.5 Å². The van der Waals surface area contributed by atoms with Crippen molar-refractivity contribution in [3.05, 3.63) is 0 Å². The number of piperidine rings is 1. The number of rotatable bonds is 4. The van der Waals surface area contributed by atoms with Gasteiger partial charge in [-0.3, -0.25) is 4.79 Å². The Hall–Kier alpha value is -0.780. The van der Waals surface area contributed by atoms with E-state index in [1.54, 1.807) is 0 Å². The van der Waals surface area contributed by atoms with Gasteiger partial charge in [0.25, 0.3) is 0 Å². The zero-order chi connectivity index (χ0) is 20.8. The minimum absolute atomic E-state index is 0.0112. The second-order valence-electron chi connectivity index (χ2n) is 11.4. The molecule has 2 unspecified atom stereocenters. The summed E-state index contributed by atoms with van der Waals surface area (Å²) in [5, 5.41) is 6.32. The molecule has 2 atom stereocenters. The Morgan fingerprint density at radius 3 is 2.07 bits per heavy atom. The third-order valence-corrected chi connectivity index (χ3v) is 9.69. The number of hydrogen-bond donors (Lipinski definition) is 2. The van der Waals surface area contributed by atoms with Crippen LogP contribution in [0, 0.1) is 17.3 Å². The normalized spacial score (nSPS) is 39.2. The van der Waals surface area contributed by atoms with Gasteiger partial charge < -0.3 is 15.5 Å². The Kier molecular flexibility index (Phi) is 5.83. The van der Waals surface area contributed by atoms with Gasteiger partial charge in [0.15, 0.2) is 0 Å². The van der Waals surface area contributed by atoms with E-state index < -0.39 is 0 Å². The van der Waals surface area contributed by atoms with Gasteiger partial charge in [-0.05, 0) is 81.5 Å². The summed E-state index contributed by atoms with van der Waals surface area (Å²) in [5.74, 6) is 2.02. The van der Waals surface area contributed by atoms with Crippen LogP contribution in [0.5, 0.6) is 0 Å². The van der Waals surface area contributed by atoms with Crippen LogP contribution in [0.15, 0.2) is 0 Å². The Morgan fingerprint density at radius 1 is 0.867 bits per heavy atom. The zero-order valence-corrected chi connectivity index (χ0v) is 19.9. The molecule has 5 nitrogen and oxygen atoms in total. The highest BCUT2D eigenvalue weighted by atomic mass is 79.9. The molecule has 5 aliphatic carbocycles. The van der Waals surface area contributed by atoms with Crippen molar-refractivity contribution in [1.82, 2.24) is 15.5 Å². The summed E-state index contributed by atoms with van der Waals surface area (Å²) in [7, 11) is 0. The SMILES string of the molecule is O=C(NC1CCCCC1)NC1CCN(C(=O)CC23CC4CC(CC(Br)(C4)C2)C3)CC1. The molecule has 6 fully saturated rings. The lowest BCUT2D eigenvalue weighted by Gasteiger charge is -2.60. The molecule has 0 aromatic carbocycles. The van der Waals surface area contributed by atoms with E-state index in [1.807, 2.05) is 0 Å². The van der Waals surface area contributed by atoms with Crippen molar-refractivity contribution in [2.75, 3.05) is 13.1 Å². The molecule has 3 amide bonds. The molecule has 6 heteroatoms. The number of urea groups is 1. The van der Waals surface area contributed by atoms with Crippen molar-refractivity contribution >= 4 is 27.9 Å². The van der Waals surface area contributed by atoms with Gasteiger partial charge in [0.1, 0.15) is 0 Å². The third kappa shape index (κ3) is 4.54. The van der Waals surface area contributed by atoms with Crippen LogP contribution in [0.25, 0.3) is 0 Å². The van der Waals surface area contributed by atoms with E-state index >= 15 is 0 Å². The van der Waals surface area contributed by atoms with Crippen LogP contribution in [-0.4, -0.2) is 46.3 Å². The van der Waals surface area contributed by atoms with E-state index in [9.17, 15) is 9.59 Å². The van der Waals surface area contributed by atoms with E-state index in [0.29, 0.717) is 16.3 Å². The van der Waals surface area contributed by atoms with Crippen molar-refractivity contribution in [2.45, 2.75) is 106 Å². The number of amides is 3. The average Bonchev–Trinajstić information content (AvgIpc) is 2.67. The Balaban J connectivity index is 1.08. The van der Waals surface area contributed by atoms with Crippen LogP contribution < -0.4 is 10.6 Å². The highest BCUT2D eigenvalue weighted by Crippen LogP contribution is 2.65. The second-order valence-corrected chi connectivity index (χ2v) is 13.1. The molecule has 2 N–H and O–H groups in total. The molecule has 6 rings (SSSR count). The standard InChI is InChI=1S/C24H38BrN3O2/c25-24-13-17-10-18(14-24)12-23(11-17,16-24)15-21(29)28-8-6-20(7-9-28)27-22(30)26-19-4-2-1-3-5-19/h17-20H,1-16H2,(H2,26,27,30). The zero-order valence-electron chi connectivity index (χ0n) is 18.3. The van der Waals surface area contributed by atoms with Gasteiger partial charge in [-0.15, -0.1) is 0 Å². The molecule has 0 spiro atoms. The summed E-state index contributed by atoms with van der Waals surface area (Å²) in [6, 6.07) is 0.532. The first kappa shape index (κ1) is 21.1. The molecule has 6 aliphatic rings. The topological polar surface area (TPSA) is 61.4 Å². The maximum Gasteiger partial charge on any atom is 0.315 e. The first-order valence-corrected chi connectivity index (χ1v) is 13.2. The molecule has 1 heterocycles. The fraction of sp³-hybridized carbons (Fsp3) is 0.917. The quantitative estimate of drug-likeness (QED) is 0.572. The molecule has 0 aromatic heterocycles. The van der Waals surface area contributed by atoms with Crippen LogP contribution in [0.1, 0.15) is 89.9 Å². The predicted octanol–water partition coefficient (Wildman–Crippen LogP) is 4.73. The van der Waals surface area contributed by atoms with E-state index in [2.05, 4.69) is 31.5 Å². The van der Waals surface area contributed by atoms with Crippen molar-refractivity contribution in [3.8, 4) is 0 Å². The number of halogens is 1. The van der Waals surface area contributed by atoms with Crippen molar-refractivity contribution in [2.24, 2.45) is 17.3 Å². The number of carbonyl (C=O) groups is 2. The molecule has 0 aromatic rings. The van der Waals surface area contributed by atoms with Gasteiger partial charge in [-0.1, -0.05) is 35.2 Å². The fourth-order valence-electron chi connectivity index (χ4n) is 7.91. The average molecular weight is 480 g/mol. The molecule has 4 bridgehead atoms. The largest absolute Gasteiger partial charge is 0.343 e. The van der Waals surface area contributed by atoms with Gasteiger partial charge in [-0.2, -0.15) is 0 Å². The number of hydrogen-bond acceptors (Lipinski definition) is 2. The van der Waals surface area contributed by atoms with Crippen LogP contribution in [0.3, 0.4) is 0 Å². The number of nitrogens with one attached hydrogen (secondary N) is 2. The lowest BCUT2D eigenvalue weighted by atomic mass is 9.48. The van der Waals surface area contributed by atoms with Crippen LogP contribution in [0.2, 0.25) is 0 Å². The third-order valence-electron chi connectivity index (χ3n) is 8.76. The number of carbonyl (C=O) groups excluding carboxylic acids is 2. The molecular weight excluding hydrogens is 442 g/mol. The second kappa shape index (κ2) is 8.29. The Morgan fingerprint density at radius 2 is 1.47 bits per heavy atom. The van der Waals surface area contributed by atoms with Crippen molar-refractivity contribution in [3.63, 3.8) is 0 Å². The van der Waals surface area contributed by atoms with E-state index in [4.69, 9.17) is 0 Å². The Bertz CT molecular complexity index is 655. The Labute approximate surface area is 189 Å². The summed E-state index contributed by atoms with van der Waals surface area (Å²) in [5.41, 5.74) is 0.250. The molecule has 5 saturated carbocycles.